The number of hydrogen-bond donors (Lipinski definition) is 1. The second-order valence-corrected chi connectivity index (χ2v) is 8.18. The Morgan fingerprint density at radius 3 is 2.55 bits per heavy atom. The largest absolute Gasteiger partial charge is 0.493 e. The van der Waals surface area contributed by atoms with Crippen molar-refractivity contribution in [2.45, 2.75) is 19.3 Å². The van der Waals surface area contributed by atoms with Gasteiger partial charge in [-0.25, -0.2) is 0 Å². The second-order valence-electron chi connectivity index (χ2n) is 7.77. The predicted octanol–water partition coefficient (Wildman–Crippen LogP) is 3.49. The molecule has 2 N–H and O–H groups in total. The Labute approximate surface area is 187 Å². The van der Waals surface area contributed by atoms with Crippen molar-refractivity contribution in [3.63, 3.8) is 0 Å². The van der Waals surface area contributed by atoms with Crippen LogP contribution in [0.3, 0.4) is 0 Å². The van der Waals surface area contributed by atoms with E-state index < -0.39 is 11.3 Å². The maximum Gasteiger partial charge on any atom is 0.191 e. The van der Waals surface area contributed by atoms with Crippen LogP contribution in [0.4, 0.5) is 0 Å². The number of nitriles is 3. The number of nitrogens with zero attached hydrogens (tertiary/aromatic N) is 4. The summed E-state index contributed by atoms with van der Waals surface area (Å²) in [7, 11) is 3.47. The van der Waals surface area contributed by atoms with Gasteiger partial charge in [0.1, 0.15) is 6.07 Å². The summed E-state index contributed by atoms with van der Waals surface area (Å²) >= 11 is 6.69. The molecule has 2 atom stereocenters. The summed E-state index contributed by atoms with van der Waals surface area (Å²) in [5.74, 6) is -0.0491. The molecule has 0 saturated carbocycles. The number of ether oxygens (including phenoxy) is 2. The molecule has 7 nitrogen and oxygen atoms in total. The average molecular weight is 438 g/mol. The van der Waals surface area contributed by atoms with E-state index in [-0.39, 0.29) is 17.2 Å². The van der Waals surface area contributed by atoms with Crippen LogP contribution in [0.25, 0.3) is 0 Å². The summed E-state index contributed by atoms with van der Waals surface area (Å²) in [6.07, 6.45) is 2.76. The second kappa shape index (κ2) is 8.90. The van der Waals surface area contributed by atoms with Crippen molar-refractivity contribution >= 4 is 11.6 Å². The molecular weight excluding hydrogens is 414 g/mol. The molecule has 8 heteroatoms. The molecule has 1 aromatic rings. The summed E-state index contributed by atoms with van der Waals surface area (Å²) in [4.78, 5) is 2.07. The Bertz CT molecular complexity index is 1060. The maximum atomic E-state index is 10.2. The standard InChI is InChI=1S/C23H24ClN5O2/c1-4-7-31-20-9-18(24)15(8-19(20)30-3)21-17-11-29(2)6-5-14(17)16(10-25)22(28)23(21,12-26)13-27/h5,8-9,17,21H,4,6-7,11,28H2,1-3H3/t17-,21+/m1/s1. The third-order valence-electron chi connectivity index (χ3n) is 5.93. The molecule has 0 radical (unpaired) electrons. The minimum absolute atomic E-state index is 0.0293. The molecule has 31 heavy (non-hydrogen) atoms. The number of allylic oxidation sites excluding steroid dienone is 2. The van der Waals surface area contributed by atoms with E-state index in [2.05, 4.69) is 23.1 Å². The minimum atomic E-state index is -1.74. The van der Waals surface area contributed by atoms with E-state index in [0.717, 1.165) is 12.0 Å². The molecule has 0 saturated heterocycles. The fourth-order valence-electron chi connectivity index (χ4n) is 4.44. The zero-order valence-corrected chi connectivity index (χ0v) is 18.5. The molecule has 0 spiro atoms. The molecule has 0 unspecified atom stereocenters. The quantitative estimate of drug-likeness (QED) is 0.748. The van der Waals surface area contributed by atoms with Crippen LogP contribution < -0.4 is 15.2 Å². The average Bonchev–Trinajstić information content (AvgIpc) is 2.77. The lowest BCUT2D eigenvalue weighted by Crippen LogP contribution is -2.47. The Hall–Kier alpha value is -3.18. The van der Waals surface area contributed by atoms with Crippen molar-refractivity contribution in [3.05, 3.63) is 45.6 Å². The lowest BCUT2D eigenvalue weighted by atomic mass is 9.58. The highest BCUT2D eigenvalue weighted by Gasteiger charge is 2.55. The Morgan fingerprint density at radius 2 is 1.97 bits per heavy atom. The number of rotatable bonds is 5. The monoisotopic (exact) mass is 437 g/mol. The van der Waals surface area contributed by atoms with Crippen LogP contribution in [0, 0.1) is 45.3 Å². The lowest BCUT2D eigenvalue weighted by Gasteiger charge is -2.45. The zero-order valence-electron chi connectivity index (χ0n) is 17.8. The van der Waals surface area contributed by atoms with Gasteiger partial charge in [-0.2, -0.15) is 15.8 Å². The van der Waals surface area contributed by atoms with Crippen LogP contribution in [0.2, 0.25) is 5.02 Å². The molecule has 1 heterocycles. The maximum absolute atomic E-state index is 10.2. The third kappa shape index (κ3) is 3.59. The fraction of sp³-hybridized carbons (Fsp3) is 0.435. The number of halogens is 1. The minimum Gasteiger partial charge on any atom is -0.493 e. The van der Waals surface area contributed by atoms with Crippen molar-refractivity contribution < 1.29 is 9.47 Å². The van der Waals surface area contributed by atoms with Crippen molar-refractivity contribution in [1.82, 2.24) is 4.90 Å². The topological polar surface area (TPSA) is 119 Å². The summed E-state index contributed by atoms with van der Waals surface area (Å²) < 4.78 is 11.3. The Kier molecular flexibility index (Phi) is 6.46. The van der Waals surface area contributed by atoms with Gasteiger partial charge in [-0.3, -0.25) is 0 Å². The van der Waals surface area contributed by atoms with Crippen LogP contribution in [-0.4, -0.2) is 38.8 Å². The van der Waals surface area contributed by atoms with Crippen molar-refractivity contribution in [2.75, 3.05) is 33.9 Å². The highest BCUT2D eigenvalue weighted by atomic mass is 35.5. The molecular formula is C23H24ClN5O2. The molecule has 0 bridgehead atoms. The first-order valence-corrected chi connectivity index (χ1v) is 10.4. The van der Waals surface area contributed by atoms with Gasteiger partial charge in [0.05, 0.1) is 37.1 Å². The highest BCUT2D eigenvalue weighted by Crippen LogP contribution is 2.56. The van der Waals surface area contributed by atoms with E-state index >= 15 is 0 Å². The lowest BCUT2D eigenvalue weighted by molar-refractivity contribution is 0.237. The number of nitrogens with two attached hydrogens (primary N) is 1. The number of likely N-dealkylation sites (N-methyl/N-ethyl adjacent to an activating group) is 1. The summed E-state index contributed by atoms with van der Waals surface area (Å²) in [6.45, 7) is 3.68. The van der Waals surface area contributed by atoms with Gasteiger partial charge in [0.25, 0.3) is 0 Å². The first kappa shape index (κ1) is 22.5. The van der Waals surface area contributed by atoms with Gasteiger partial charge in [0.2, 0.25) is 0 Å². The molecule has 1 aromatic carbocycles. The van der Waals surface area contributed by atoms with Crippen LogP contribution >= 0.6 is 11.6 Å². The molecule has 0 amide bonds. The smallest absolute Gasteiger partial charge is 0.191 e. The van der Waals surface area contributed by atoms with Gasteiger partial charge in [-0.05, 0) is 30.7 Å². The third-order valence-corrected chi connectivity index (χ3v) is 6.25. The van der Waals surface area contributed by atoms with E-state index in [4.69, 9.17) is 26.8 Å². The molecule has 1 aliphatic carbocycles. The molecule has 0 aromatic heterocycles. The summed E-state index contributed by atoms with van der Waals surface area (Å²) in [5, 5.41) is 30.5. The van der Waals surface area contributed by atoms with E-state index in [1.807, 2.05) is 20.0 Å². The fourth-order valence-corrected chi connectivity index (χ4v) is 4.71. The highest BCUT2D eigenvalue weighted by molar-refractivity contribution is 6.31. The van der Waals surface area contributed by atoms with Crippen LogP contribution in [0.1, 0.15) is 24.8 Å². The predicted molar refractivity (Wildman–Crippen MR) is 116 cm³/mol. The number of benzene rings is 1. The van der Waals surface area contributed by atoms with Crippen LogP contribution in [0.15, 0.2) is 35.1 Å². The van der Waals surface area contributed by atoms with Crippen molar-refractivity contribution in [3.8, 4) is 29.7 Å². The Balaban J connectivity index is 2.30. The number of fused-ring (bicyclic) bond motifs is 1. The molecule has 1 aliphatic heterocycles. The van der Waals surface area contributed by atoms with Crippen LogP contribution in [-0.2, 0) is 0 Å². The van der Waals surface area contributed by atoms with Gasteiger partial charge in [-0.15, -0.1) is 0 Å². The van der Waals surface area contributed by atoms with Gasteiger partial charge < -0.3 is 20.1 Å². The number of hydrogen-bond acceptors (Lipinski definition) is 7. The summed E-state index contributed by atoms with van der Waals surface area (Å²) in [6, 6.07) is 9.73. The van der Waals surface area contributed by atoms with Gasteiger partial charge >= 0.3 is 0 Å². The van der Waals surface area contributed by atoms with Gasteiger partial charge in [-0.1, -0.05) is 24.6 Å². The molecule has 160 valence electrons. The van der Waals surface area contributed by atoms with Crippen molar-refractivity contribution in [2.24, 2.45) is 17.1 Å². The van der Waals surface area contributed by atoms with E-state index in [1.54, 1.807) is 12.1 Å². The van der Waals surface area contributed by atoms with Crippen molar-refractivity contribution in [1.29, 1.82) is 15.8 Å². The Morgan fingerprint density at radius 1 is 1.26 bits per heavy atom. The number of methoxy groups -OCH3 is 1. The summed E-state index contributed by atoms with van der Waals surface area (Å²) in [5.41, 5.74) is 6.09. The molecule has 3 rings (SSSR count). The van der Waals surface area contributed by atoms with Crippen LogP contribution in [0.5, 0.6) is 11.5 Å². The first-order valence-electron chi connectivity index (χ1n) is 10.00. The molecule has 2 aliphatic rings. The van der Waals surface area contributed by atoms with Gasteiger partial charge in [0, 0.05) is 36.0 Å². The molecule has 0 fully saturated rings. The van der Waals surface area contributed by atoms with E-state index in [9.17, 15) is 15.8 Å². The zero-order chi connectivity index (χ0) is 22.8. The van der Waals surface area contributed by atoms with Gasteiger partial charge in [0.15, 0.2) is 16.9 Å². The van der Waals surface area contributed by atoms with E-state index in [0.29, 0.717) is 41.8 Å². The first-order chi connectivity index (χ1) is 14.9. The SMILES string of the molecule is CCCOc1cc(Cl)c([C@H]2[C@@H]3CN(C)CC=C3C(C#N)=C(N)C2(C#N)C#N)cc1OC. The normalized spacial score (nSPS) is 22.4. The van der Waals surface area contributed by atoms with E-state index in [1.165, 1.54) is 7.11 Å².